The summed E-state index contributed by atoms with van der Waals surface area (Å²) in [5.74, 6) is -2.17. The van der Waals surface area contributed by atoms with Crippen LogP contribution in [0.4, 0.5) is 4.39 Å². The van der Waals surface area contributed by atoms with Crippen molar-refractivity contribution in [1.29, 1.82) is 0 Å². The van der Waals surface area contributed by atoms with Crippen LogP contribution in [0.25, 0.3) is 11.0 Å². The number of nitrogens with zero attached hydrogens (tertiary/aromatic N) is 2. The lowest BCUT2D eigenvalue weighted by atomic mass is 9.92. The first-order chi connectivity index (χ1) is 10.5. The topological polar surface area (TPSA) is 72.2 Å². The molecule has 0 unspecified atom stereocenters. The Bertz CT molecular complexity index is 784. The molecule has 0 spiro atoms. The molecule has 3 rings (SSSR count). The molecule has 0 aromatic carbocycles. The van der Waals surface area contributed by atoms with Gasteiger partial charge in [0, 0.05) is 12.2 Å². The lowest BCUT2D eigenvalue weighted by Gasteiger charge is -2.29. The fourth-order valence-corrected chi connectivity index (χ4v) is 2.46. The minimum Gasteiger partial charge on any atom is -0.477 e. The van der Waals surface area contributed by atoms with Crippen LogP contribution in [0.15, 0.2) is 17.1 Å². The van der Waals surface area contributed by atoms with E-state index in [0.29, 0.717) is 0 Å². The number of halogens is 2. The Morgan fingerprint density at radius 3 is 2.59 bits per heavy atom. The van der Waals surface area contributed by atoms with Crippen LogP contribution < -0.4 is 5.43 Å². The van der Waals surface area contributed by atoms with Crippen LogP contribution in [0, 0.1) is 5.82 Å². The van der Waals surface area contributed by atoms with Crippen LogP contribution in [0.3, 0.4) is 0 Å². The first-order valence-corrected chi connectivity index (χ1v) is 7.51. The molecule has 0 bridgehead atoms. The summed E-state index contributed by atoms with van der Waals surface area (Å²) in [6.07, 6.45) is 4.04. The zero-order valence-electron chi connectivity index (χ0n) is 12.3. The standard InChI is InChI=1S/C13H10ClFN2O3.C2H6/c14-11-9(15)4-7-10(18)8(13(19)20)5-17(12(7)16-11)6-2-1-3-6;1-2/h4-6H,1-3H2,(H,19,20);1-2H3. The zero-order chi connectivity index (χ0) is 16.4. The van der Waals surface area contributed by atoms with Gasteiger partial charge < -0.3 is 9.67 Å². The fourth-order valence-electron chi connectivity index (χ4n) is 2.32. The molecule has 0 saturated heterocycles. The molecule has 5 nitrogen and oxygen atoms in total. The highest BCUT2D eigenvalue weighted by Crippen LogP contribution is 2.33. The van der Waals surface area contributed by atoms with Crippen molar-refractivity contribution in [3.05, 3.63) is 39.0 Å². The number of fused-ring (bicyclic) bond motifs is 1. The molecule has 1 fully saturated rings. The number of carbonyl (C=O) groups is 1. The van der Waals surface area contributed by atoms with E-state index in [9.17, 15) is 14.0 Å². The molecule has 1 N–H and O–H groups in total. The van der Waals surface area contributed by atoms with Gasteiger partial charge in [0.05, 0.1) is 5.39 Å². The summed E-state index contributed by atoms with van der Waals surface area (Å²) < 4.78 is 15.1. The fraction of sp³-hybridized carbons (Fsp3) is 0.400. The van der Waals surface area contributed by atoms with Crippen LogP contribution >= 0.6 is 11.6 Å². The van der Waals surface area contributed by atoms with Crippen LogP contribution in [0.5, 0.6) is 0 Å². The molecule has 118 valence electrons. The number of rotatable bonds is 2. The third-order valence-electron chi connectivity index (χ3n) is 3.61. The van der Waals surface area contributed by atoms with Crippen molar-refractivity contribution in [1.82, 2.24) is 9.55 Å². The SMILES string of the molecule is CC.O=C(O)c1cn(C2CCC2)c2nc(Cl)c(F)cc2c1=O. The quantitative estimate of drug-likeness (QED) is 0.855. The number of pyridine rings is 2. The first-order valence-electron chi connectivity index (χ1n) is 7.13. The maximum Gasteiger partial charge on any atom is 0.341 e. The molecule has 1 aliphatic rings. The van der Waals surface area contributed by atoms with E-state index >= 15 is 0 Å². The molecule has 7 heteroatoms. The number of hydrogen-bond acceptors (Lipinski definition) is 3. The second kappa shape index (κ2) is 6.44. The van der Waals surface area contributed by atoms with E-state index < -0.39 is 17.2 Å². The van der Waals surface area contributed by atoms with Crippen molar-refractivity contribution in [2.24, 2.45) is 0 Å². The van der Waals surface area contributed by atoms with Gasteiger partial charge in [-0.2, -0.15) is 0 Å². The highest BCUT2D eigenvalue weighted by atomic mass is 35.5. The Morgan fingerprint density at radius 1 is 1.45 bits per heavy atom. The van der Waals surface area contributed by atoms with E-state index in [-0.39, 0.29) is 27.8 Å². The average molecular weight is 327 g/mol. The van der Waals surface area contributed by atoms with Gasteiger partial charge in [-0.05, 0) is 25.3 Å². The summed E-state index contributed by atoms with van der Waals surface area (Å²) in [4.78, 5) is 27.1. The van der Waals surface area contributed by atoms with Crippen LogP contribution in [-0.2, 0) is 0 Å². The van der Waals surface area contributed by atoms with Gasteiger partial charge in [0.1, 0.15) is 11.2 Å². The van der Waals surface area contributed by atoms with Gasteiger partial charge in [-0.1, -0.05) is 25.4 Å². The van der Waals surface area contributed by atoms with Crippen molar-refractivity contribution < 1.29 is 14.3 Å². The predicted octanol–water partition coefficient (Wildman–Crippen LogP) is 3.64. The third-order valence-corrected chi connectivity index (χ3v) is 3.88. The Balaban J connectivity index is 0.000000847. The molecule has 2 heterocycles. The molecule has 1 aliphatic carbocycles. The summed E-state index contributed by atoms with van der Waals surface area (Å²) in [5, 5.41) is 8.71. The van der Waals surface area contributed by atoms with Gasteiger partial charge in [-0.25, -0.2) is 14.2 Å². The summed E-state index contributed by atoms with van der Waals surface area (Å²) >= 11 is 5.66. The van der Waals surface area contributed by atoms with Crippen molar-refractivity contribution in [2.75, 3.05) is 0 Å². The molecule has 0 amide bonds. The van der Waals surface area contributed by atoms with Gasteiger partial charge in [0.2, 0.25) is 5.43 Å². The predicted molar refractivity (Wildman–Crippen MR) is 82.2 cm³/mol. The molecule has 0 radical (unpaired) electrons. The number of aromatic nitrogens is 2. The Morgan fingerprint density at radius 2 is 2.09 bits per heavy atom. The summed E-state index contributed by atoms with van der Waals surface area (Å²) in [6, 6.07) is 1.03. The van der Waals surface area contributed by atoms with Crippen LogP contribution in [-0.4, -0.2) is 20.6 Å². The normalized spacial score (nSPS) is 14.2. The van der Waals surface area contributed by atoms with Gasteiger partial charge in [0.25, 0.3) is 0 Å². The highest BCUT2D eigenvalue weighted by Gasteiger charge is 2.25. The maximum absolute atomic E-state index is 13.5. The van der Waals surface area contributed by atoms with E-state index in [4.69, 9.17) is 16.7 Å². The molecular weight excluding hydrogens is 311 g/mol. The number of carboxylic acid groups (broad SMARTS) is 1. The van der Waals surface area contributed by atoms with E-state index in [1.54, 1.807) is 4.57 Å². The average Bonchev–Trinajstić information content (AvgIpc) is 2.44. The second-order valence-corrected chi connectivity index (χ2v) is 5.16. The lowest BCUT2D eigenvalue weighted by Crippen LogP contribution is -2.25. The summed E-state index contributed by atoms with van der Waals surface area (Å²) in [6.45, 7) is 4.00. The van der Waals surface area contributed by atoms with E-state index in [0.717, 1.165) is 25.3 Å². The summed E-state index contributed by atoms with van der Waals surface area (Å²) in [7, 11) is 0. The minimum absolute atomic E-state index is 0.0568. The number of hydrogen-bond donors (Lipinski definition) is 1. The second-order valence-electron chi connectivity index (χ2n) is 4.80. The Hall–Kier alpha value is -1.95. The van der Waals surface area contributed by atoms with E-state index in [1.165, 1.54) is 6.20 Å². The lowest BCUT2D eigenvalue weighted by molar-refractivity contribution is 0.0694. The molecule has 1 saturated carbocycles. The maximum atomic E-state index is 13.5. The van der Waals surface area contributed by atoms with Crippen molar-refractivity contribution in [3.63, 3.8) is 0 Å². The van der Waals surface area contributed by atoms with Crippen LogP contribution in [0.2, 0.25) is 5.15 Å². The Kier molecular flexibility index (Phi) is 4.81. The smallest absolute Gasteiger partial charge is 0.341 e. The van der Waals surface area contributed by atoms with Crippen molar-refractivity contribution in [2.45, 2.75) is 39.2 Å². The first kappa shape index (κ1) is 16.4. The van der Waals surface area contributed by atoms with Gasteiger partial charge in [-0.3, -0.25) is 4.79 Å². The van der Waals surface area contributed by atoms with Crippen molar-refractivity contribution in [3.8, 4) is 0 Å². The molecular formula is C15H16ClFN2O3. The largest absolute Gasteiger partial charge is 0.477 e. The number of carboxylic acids is 1. The zero-order valence-corrected chi connectivity index (χ0v) is 13.0. The number of aromatic carboxylic acids is 1. The Labute approximate surface area is 131 Å². The van der Waals surface area contributed by atoms with E-state index in [2.05, 4.69) is 4.98 Å². The molecule has 2 aromatic rings. The molecule has 2 aromatic heterocycles. The van der Waals surface area contributed by atoms with Gasteiger partial charge in [-0.15, -0.1) is 0 Å². The summed E-state index contributed by atoms with van der Waals surface area (Å²) in [5.41, 5.74) is -0.893. The molecule has 0 atom stereocenters. The van der Waals surface area contributed by atoms with Gasteiger partial charge >= 0.3 is 5.97 Å². The van der Waals surface area contributed by atoms with Crippen LogP contribution in [0.1, 0.15) is 49.5 Å². The van der Waals surface area contributed by atoms with E-state index in [1.807, 2.05) is 13.8 Å². The monoisotopic (exact) mass is 326 g/mol. The highest BCUT2D eigenvalue weighted by molar-refractivity contribution is 6.29. The molecule has 22 heavy (non-hydrogen) atoms. The minimum atomic E-state index is -1.33. The van der Waals surface area contributed by atoms with Gasteiger partial charge in [0.15, 0.2) is 11.0 Å². The van der Waals surface area contributed by atoms with Crippen molar-refractivity contribution >= 4 is 28.6 Å². The third kappa shape index (κ3) is 2.70. The molecule has 0 aliphatic heterocycles.